The fourth-order valence-electron chi connectivity index (χ4n) is 1.17. The van der Waals surface area contributed by atoms with Gasteiger partial charge in [0, 0.05) is 0 Å². The first-order valence-corrected chi connectivity index (χ1v) is 5.07. The molecule has 0 spiro atoms. The van der Waals surface area contributed by atoms with Gasteiger partial charge in [-0.3, -0.25) is 0 Å². The van der Waals surface area contributed by atoms with E-state index in [-0.39, 0.29) is 4.77 Å². The second-order valence-electron chi connectivity index (χ2n) is 2.52. The van der Waals surface area contributed by atoms with E-state index in [1.54, 1.807) is 18.2 Å². The highest BCUT2D eigenvalue weighted by molar-refractivity contribution is 7.74. The number of nitrogens with one attached hydrogen (secondary N) is 1. The third-order valence-electron chi connectivity index (χ3n) is 1.68. The van der Waals surface area contributed by atoms with Gasteiger partial charge in [0.15, 0.2) is 11.4 Å². The molecule has 2 aromatic rings. The lowest BCUT2D eigenvalue weighted by atomic mass is 10.3. The average Bonchev–Trinajstić information content (AvgIpc) is 2.43. The van der Waals surface area contributed by atoms with Gasteiger partial charge in [-0.2, -0.15) is 0 Å². The highest BCUT2D eigenvalue weighted by Gasteiger charge is 2.03. The van der Waals surface area contributed by atoms with Crippen molar-refractivity contribution in [3.8, 4) is 0 Å². The van der Waals surface area contributed by atoms with Gasteiger partial charge in [0.05, 0.1) is 5.52 Å². The summed E-state index contributed by atoms with van der Waals surface area (Å²) in [4.78, 5) is 2.81. The minimum Gasteiger partial charge on any atom is -0.738 e. The molecule has 74 valence electrons. The quantitative estimate of drug-likeness (QED) is 0.614. The number of para-hydroxylation sites is 2. The molecule has 0 amide bonds. The van der Waals surface area contributed by atoms with Crippen LogP contribution in [0.5, 0.6) is 0 Å². The van der Waals surface area contributed by atoms with Crippen LogP contribution >= 0.6 is 12.2 Å². The Bertz CT molecular complexity index is 545. The Kier molecular flexibility index (Phi) is 2.36. The van der Waals surface area contributed by atoms with Gasteiger partial charge in [-0.05, 0) is 24.4 Å². The van der Waals surface area contributed by atoms with E-state index in [0.717, 1.165) is 10.2 Å². The van der Waals surface area contributed by atoms with Crippen LogP contribution < -0.4 is 4.28 Å². The summed E-state index contributed by atoms with van der Waals surface area (Å²) in [7, 11) is 0. The molecule has 0 bridgehead atoms. The summed E-state index contributed by atoms with van der Waals surface area (Å²) in [5, 5.41) is 0. The molecule has 0 saturated heterocycles. The summed E-state index contributed by atoms with van der Waals surface area (Å²) in [6.07, 6.45) is 0. The van der Waals surface area contributed by atoms with Crippen molar-refractivity contribution in [1.29, 1.82) is 0 Å². The van der Waals surface area contributed by atoms with Crippen molar-refractivity contribution in [2.24, 2.45) is 0 Å². The van der Waals surface area contributed by atoms with E-state index in [2.05, 4.69) is 9.27 Å². The van der Waals surface area contributed by atoms with Gasteiger partial charge < -0.3 is 13.8 Å². The molecular weight excluding hydrogens is 224 g/mol. The predicted molar refractivity (Wildman–Crippen MR) is 52.6 cm³/mol. The van der Waals surface area contributed by atoms with E-state index in [4.69, 9.17) is 12.2 Å². The third kappa shape index (κ3) is 1.57. The molecule has 0 aliphatic carbocycles. The number of hydrogen-bond donors (Lipinski definition) is 1. The van der Waals surface area contributed by atoms with Crippen molar-refractivity contribution in [2.75, 3.05) is 0 Å². The van der Waals surface area contributed by atoms with Crippen molar-refractivity contribution >= 4 is 34.6 Å². The number of fused-ring (bicyclic) bond motifs is 1. The molecule has 0 saturated carbocycles. The van der Waals surface area contributed by atoms with Crippen LogP contribution in [0.4, 0.5) is 0 Å². The lowest BCUT2D eigenvalue weighted by Gasteiger charge is -2.06. The largest absolute Gasteiger partial charge is 0.738 e. The van der Waals surface area contributed by atoms with E-state index in [9.17, 15) is 8.76 Å². The predicted octanol–water partition coefficient (Wildman–Crippen LogP) is 0.922. The number of aromatic nitrogens is 2. The Hall–Kier alpha value is -1.18. The fraction of sp³-hybridized carbons (Fsp3) is 0. The summed E-state index contributed by atoms with van der Waals surface area (Å²) in [6.45, 7) is 0. The second-order valence-corrected chi connectivity index (χ2v) is 3.46. The summed E-state index contributed by atoms with van der Waals surface area (Å²) >= 11 is 2.25. The number of hydrogen-bond acceptors (Lipinski definition) is 4. The monoisotopic (exact) mass is 229 g/mol. The van der Waals surface area contributed by atoms with Gasteiger partial charge >= 0.3 is 0 Å². The van der Waals surface area contributed by atoms with Gasteiger partial charge in [0.25, 0.3) is 0 Å². The highest BCUT2D eigenvalue weighted by atomic mass is 32.2. The van der Waals surface area contributed by atoms with Gasteiger partial charge in [0.2, 0.25) is 4.77 Å². The fourth-order valence-corrected chi connectivity index (χ4v) is 1.74. The maximum atomic E-state index is 10.4. The molecule has 1 N–H and O–H groups in total. The Morgan fingerprint density at radius 2 is 2.21 bits per heavy atom. The molecule has 7 heteroatoms. The van der Waals surface area contributed by atoms with Crippen molar-refractivity contribution in [1.82, 2.24) is 9.71 Å². The van der Waals surface area contributed by atoms with Gasteiger partial charge in [0.1, 0.15) is 5.52 Å². The first-order valence-electron chi connectivity index (χ1n) is 3.66. The van der Waals surface area contributed by atoms with Crippen molar-refractivity contribution < 1.29 is 13.0 Å². The Morgan fingerprint density at radius 3 is 2.93 bits per heavy atom. The number of H-pyrrole nitrogens is 1. The maximum absolute atomic E-state index is 10.4. The first kappa shape index (κ1) is 9.38. The molecule has 0 radical (unpaired) electrons. The van der Waals surface area contributed by atoms with Crippen molar-refractivity contribution in [3.05, 3.63) is 29.0 Å². The van der Waals surface area contributed by atoms with Crippen LogP contribution in [0, 0.1) is 4.77 Å². The molecule has 0 aliphatic heterocycles. The van der Waals surface area contributed by atoms with E-state index >= 15 is 0 Å². The molecule has 2 rings (SSSR count). The van der Waals surface area contributed by atoms with Crippen LogP contribution in [0.3, 0.4) is 0 Å². The summed E-state index contributed by atoms with van der Waals surface area (Å²) in [5.74, 6) is 0. The number of aromatic amines is 1. The minimum absolute atomic E-state index is 0.204. The molecule has 1 atom stereocenters. The molecule has 0 aliphatic rings. The van der Waals surface area contributed by atoms with Gasteiger partial charge in [-0.1, -0.05) is 12.1 Å². The van der Waals surface area contributed by atoms with E-state index in [1.165, 1.54) is 0 Å². The van der Waals surface area contributed by atoms with Crippen LogP contribution in [0.2, 0.25) is 0 Å². The molecule has 14 heavy (non-hydrogen) atoms. The summed E-state index contributed by atoms with van der Waals surface area (Å²) < 4.78 is 26.5. The zero-order valence-corrected chi connectivity index (χ0v) is 8.43. The Morgan fingerprint density at radius 1 is 1.50 bits per heavy atom. The van der Waals surface area contributed by atoms with Crippen molar-refractivity contribution in [2.45, 2.75) is 0 Å². The maximum Gasteiger partial charge on any atom is 0.214 e. The van der Waals surface area contributed by atoms with Crippen molar-refractivity contribution in [3.63, 3.8) is 0 Å². The first-order chi connectivity index (χ1) is 6.68. The van der Waals surface area contributed by atoms with Crippen LogP contribution in [0.1, 0.15) is 0 Å². The normalized spacial score (nSPS) is 12.9. The number of imidazole rings is 1. The SMILES string of the molecule is O=S([O-])On1c(=S)[nH]c2ccccc21. The lowest BCUT2D eigenvalue weighted by Crippen LogP contribution is -2.13. The number of rotatable bonds is 2. The Labute approximate surface area is 86.8 Å². The highest BCUT2D eigenvalue weighted by Crippen LogP contribution is 2.11. The zero-order valence-electron chi connectivity index (χ0n) is 6.80. The molecule has 1 aromatic carbocycles. The standard InChI is InChI=1S/C7H6N2O3S2/c10-14(11)12-9-6-4-2-1-3-5(6)8-7(9)13/h1-4H,(H,8,13)(H,10,11)/p-1. The van der Waals surface area contributed by atoms with Gasteiger partial charge in [-0.15, -0.1) is 4.73 Å². The summed E-state index contributed by atoms with van der Waals surface area (Å²) in [5.41, 5.74) is 1.31. The number of benzene rings is 1. The smallest absolute Gasteiger partial charge is 0.214 e. The van der Waals surface area contributed by atoms with E-state index in [1.807, 2.05) is 6.07 Å². The zero-order chi connectivity index (χ0) is 10.1. The lowest BCUT2D eigenvalue weighted by molar-refractivity contribution is 0.272. The minimum atomic E-state index is -2.63. The second kappa shape index (κ2) is 3.52. The molecule has 1 unspecified atom stereocenters. The van der Waals surface area contributed by atoms with Crippen LogP contribution in [0.15, 0.2) is 24.3 Å². The van der Waals surface area contributed by atoms with Crippen LogP contribution in [0.25, 0.3) is 11.0 Å². The molecule has 1 aromatic heterocycles. The number of nitrogens with zero attached hydrogens (tertiary/aromatic N) is 1. The van der Waals surface area contributed by atoms with E-state index < -0.39 is 11.4 Å². The topological polar surface area (TPSA) is 70.1 Å². The van der Waals surface area contributed by atoms with Gasteiger partial charge in [-0.25, -0.2) is 4.21 Å². The van der Waals surface area contributed by atoms with E-state index in [0.29, 0.717) is 5.52 Å². The average molecular weight is 229 g/mol. The molecule has 0 fully saturated rings. The summed E-state index contributed by atoms with van der Waals surface area (Å²) in [6, 6.07) is 7.05. The van der Waals surface area contributed by atoms with Crippen LogP contribution in [-0.4, -0.2) is 18.5 Å². The Balaban J connectivity index is 2.68. The molecule has 1 heterocycles. The molecular formula is C7H5N2O3S2-. The third-order valence-corrected chi connectivity index (χ3v) is 2.22. The van der Waals surface area contributed by atoms with Crippen LogP contribution in [-0.2, 0) is 11.4 Å². The molecule has 5 nitrogen and oxygen atoms in total.